The van der Waals surface area contributed by atoms with Crippen LogP contribution in [0.2, 0.25) is 0 Å². The molecule has 0 atom stereocenters. The summed E-state index contributed by atoms with van der Waals surface area (Å²) in [4.78, 5) is 0.149. The number of rotatable bonds is 3. The summed E-state index contributed by atoms with van der Waals surface area (Å²) in [5.41, 5.74) is 0.518. The Balaban J connectivity index is 1.90. The van der Waals surface area contributed by atoms with Crippen LogP contribution in [0.5, 0.6) is 11.5 Å². The number of nitrogens with one attached hydrogen (secondary N) is 1. The largest absolute Gasteiger partial charge is 0.490 e. The van der Waals surface area contributed by atoms with Crippen LogP contribution in [0.4, 0.5) is 5.69 Å². The van der Waals surface area contributed by atoms with Crippen molar-refractivity contribution in [3.63, 3.8) is 0 Å². The van der Waals surface area contributed by atoms with Gasteiger partial charge in [-0.1, -0.05) is 18.2 Å². The van der Waals surface area contributed by atoms with Crippen LogP contribution in [0.1, 0.15) is 6.42 Å². The lowest BCUT2D eigenvalue weighted by molar-refractivity contribution is 0.297. The van der Waals surface area contributed by atoms with Crippen LogP contribution in [-0.4, -0.2) is 21.6 Å². The summed E-state index contributed by atoms with van der Waals surface area (Å²) in [6.07, 6.45) is 0.777. The van der Waals surface area contributed by atoms with Crippen molar-refractivity contribution in [1.29, 1.82) is 0 Å². The molecule has 2 aromatic carbocycles. The molecule has 6 heteroatoms. The molecule has 0 saturated heterocycles. The molecule has 0 radical (unpaired) electrons. The quantitative estimate of drug-likeness (QED) is 0.947. The van der Waals surface area contributed by atoms with Gasteiger partial charge in [0.2, 0.25) is 0 Å². The van der Waals surface area contributed by atoms with Crippen molar-refractivity contribution in [2.75, 3.05) is 17.9 Å². The zero-order chi connectivity index (χ0) is 14.7. The molecule has 0 amide bonds. The number of fused-ring (bicyclic) bond motifs is 1. The summed E-state index contributed by atoms with van der Waals surface area (Å²) in [6, 6.07) is 13.4. The molecule has 0 aromatic heterocycles. The van der Waals surface area contributed by atoms with Crippen LogP contribution in [0.15, 0.2) is 53.4 Å². The predicted octanol–water partition coefficient (Wildman–Crippen LogP) is 2.65. The smallest absolute Gasteiger partial charge is 0.262 e. The van der Waals surface area contributed by atoms with E-state index in [0.717, 1.165) is 6.42 Å². The minimum Gasteiger partial charge on any atom is -0.490 e. The van der Waals surface area contributed by atoms with Gasteiger partial charge in [0.25, 0.3) is 10.0 Å². The zero-order valence-corrected chi connectivity index (χ0v) is 12.1. The maximum absolute atomic E-state index is 12.4. The molecule has 21 heavy (non-hydrogen) atoms. The molecule has 0 fully saturated rings. The van der Waals surface area contributed by atoms with Crippen LogP contribution in [-0.2, 0) is 10.0 Å². The molecule has 1 heterocycles. The van der Waals surface area contributed by atoms with Crippen LogP contribution >= 0.6 is 0 Å². The van der Waals surface area contributed by atoms with Crippen molar-refractivity contribution in [1.82, 2.24) is 0 Å². The maximum Gasteiger partial charge on any atom is 0.262 e. The number of para-hydroxylation sites is 1. The van der Waals surface area contributed by atoms with Crippen LogP contribution in [0.3, 0.4) is 0 Å². The number of hydrogen-bond acceptors (Lipinski definition) is 4. The van der Waals surface area contributed by atoms with Crippen LogP contribution < -0.4 is 14.2 Å². The normalized spacial score (nSPS) is 14.3. The van der Waals surface area contributed by atoms with E-state index in [9.17, 15) is 8.42 Å². The van der Waals surface area contributed by atoms with E-state index < -0.39 is 10.0 Å². The monoisotopic (exact) mass is 305 g/mol. The highest BCUT2D eigenvalue weighted by molar-refractivity contribution is 7.92. The second-order valence-corrected chi connectivity index (χ2v) is 6.31. The van der Waals surface area contributed by atoms with Gasteiger partial charge in [0, 0.05) is 18.2 Å². The molecule has 1 N–H and O–H groups in total. The molecule has 1 aliphatic rings. The van der Waals surface area contributed by atoms with Crippen molar-refractivity contribution in [3.05, 3.63) is 48.5 Å². The maximum atomic E-state index is 12.4. The molecular weight excluding hydrogens is 290 g/mol. The number of sulfonamides is 1. The second kappa shape index (κ2) is 5.65. The van der Waals surface area contributed by atoms with Gasteiger partial charge in [-0.15, -0.1) is 0 Å². The molecule has 110 valence electrons. The molecular formula is C15H15NO4S. The molecule has 3 rings (SSSR count). The summed E-state index contributed by atoms with van der Waals surface area (Å²) < 4.78 is 38.3. The Bertz CT molecular complexity index is 729. The molecule has 0 bridgehead atoms. The number of benzene rings is 2. The molecule has 2 aromatic rings. The van der Waals surface area contributed by atoms with Crippen molar-refractivity contribution in [2.45, 2.75) is 11.3 Å². The van der Waals surface area contributed by atoms with Gasteiger partial charge in [0.05, 0.1) is 18.1 Å². The molecule has 0 spiro atoms. The minimum atomic E-state index is -3.64. The first-order valence-electron chi connectivity index (χ1n) is 6.63. The lowest BCUT2D eigenvalue weighted by atomic mass is 10.3. The lowest BCUT2D eigenvalue weighted by Crippen LogP contribution is -2.13. The van der Waals surface area contributed by atoms with E-state index in [0.29, 0.717) is 30.4 Å². The predicted molar refractivity (Wildman–Crippen MR) is 79.3 cm³/mol. The fraction of sp³-hybridized carbons (Fsp3) is 0.200. The van der Waals surface area contributed by atoms with E-state index in [-0.39, 0.29) is 4.90 Å². The first-order valence-corrected chi connectivity index (χ1v) is 8.11. The minimum absolute atomic E-state index is 0.149. The number of hydrogen-bond donors (Lipinski definition) is 1. The Morgan fingerprint density at radius 3 is 2.38 bits per heavy atom. The van der Waals surface area contributed by atoms with Crippen molar-refractivity contribution in [3.8, 4) is 11.5 Å². The van der Waals surface area contributed by atoms with Crippen molar-refractivity contribution in [2.24, 2.45) is 0 Å². The van der Waals surface area contributed by atoms with Gasteiger partial charge >= 0.3 is 0 Å². The first kappa shape index (κ1) is 13.8. The summed E-state index contributed by atoms with van der Waals surface area (Å²) in [7, 11) is -3.64. The van der Waals surface area contributed by atoms with Gasteiger partial charge in [-0.05, 0) is 24.3 Å². The Labute approximate surface area is 123 Å². The van der Waals surface area contributed by atoms with E-state index in [2.05, 4.69) is 4.72 Å². The third-order valence-electron chi connectivity index (χ3n) is 3.06. The van der Waals surface area contributed by atoms with Gasteiger partial charge < -0.3 is 9.47 Å². The van der Waals surface area contributed by atoms with Gasteiger partial charge in [-0.3, -0.25) is 4.72 Å². The van der Waals surface area contributed by atoms with Gasteiger partial charge in [0.15, 0.2) is 11.5 Å². The fourth-order valence-corrected chi connectivity index (χ4v) is 3.10. The van der Waals surface area contributed by atoms with Gasteiger partial charge in [-0.25, -0.2) is 8.42 Å². The summed E-state index contributed by atoms with van der Waals surface area (Å²) in [5.74, 6) is 1.04. The SMILES string of the molecule is O=S(=O)(Nc1ccccc1)c1ccc2c(c1)OCCCO2. The number of ether oxygens (including phenoxy) is 2. The summed E-state index contributed by atoms with van der Waals surface area (Å²) in [5, 5.41) is 0. The average Bonchev–Trinajstić information content (AvgIpc) is 2.72. The Kier molecular flexibility index (Phi) is 3.70. The van der Waals surface area contributed by atoms with Gasteiger partial charge in [-0.2, -0.15) is 0 Å². The van der Waals surface area contributed by atoms with E-state index in [1.807, 2.05) is 6.07 Å². The standard InChI is InChI=1S/C15H15NO4S/c17-21(18,16-12-5-2-1-3-6-12)13-7-8-14-15(11-13)20-10-4-9-19-14/h1-3,5-8,11,16H,4,9-10H2. The molecule has 0 saturated carbocycles. The third-order valence-corrected chi connectivity index (χ3v) is 4.43. The van der Waals surface area contributed by atoms with Crippen molar-refractivity contribution >= 4 is 15.7 Å². The average molecular weight is 305 g/mol. The Morgan fingerprint density at radius 2 is 1.62 bits per heavy atom. The lowest BCUT2D eigenvalue weighted by Gasteiger charge is -2.11. The van der Waals surface area contributed by atoms with E-state index in [1.165, 1.54) is 12.1 Å². The highest BCUT2D eigenvalue weighted by Gasteiger charge is 2.18. The molecule has 1 aliphatic heterocycles. The zero-order valence-electron chi connectivity index (χ0n) is 11.3. The van der Waals surface area contributed by atoms with Crippen LogP contribution in [0, 0.1) is 0 Å². The Morgan fingerprint density at radius 1 is 0.905 bits per heavy atom. The molecule has 0 unspecified atom stereocenters. The highest BCUT2D eigenvalue weighted by atomic mass is 32.2. The topological polar surface area (TPSA) is 64.6 Å². The van der Waals surface area contributed by atoms with E-state index >= 15 is 0 Å². The van der Waals surface area contributed by atoms with E-state index in [1.54, 1.807) is 30.3 Å². The van der Waals surface area contributed by atoms with Crippen molar-refractivity contribution < 1.29 is 17.9 Å². The number of anilines is 1. The summed E-state index contributed by atoms with van der Waals surface area (Å²) >= 11 is 0. The fourth-order valence-electron chi connectivity index (χ4n) is 2.03. The van der Waals surface area contributed by atoms with E-state index in [4.69, 9.17) is 9.47 Å². The first-order chi connectivity index (χ1) is 10.1. The second-order valence-electron chi connectivity index (χ2n) is 4.63. The third kappa shape index (κ3) is 3.11. The van der Waals surface area contributed by atoms with Gasteiger partial charge in [0.1, 0.15) is 0 Å². The highest BCUT2D eigenvalue weighted by Crippen LogP contribution is 2.32. The van der Waals surface area contributed by atoms with Crippen LogP contribution in [0.25, 0.3) is 0 Å². The molecule has 0 aliphatic carbocycles. The Hall–Kier alpha value is -2.21. The summed E-state index contributed by atoms with van der Waals surface area (Å²) in [6.45, 7) is 1.09. The molecule has 5 nitrogen and oxygen atoms in total.